The minimum atomic E-state index is -0.0852. The third-order valence-electron chi connectivity index (χ3n) is 8.14. The fraction of sp³-hybridized carbons (Fsp3) is 0.222. The normalized spacial score (nSPS) is 14.4. The van der Waals surface area contributed by atoms with E-state index in [0.717, 1.165) is 56.5 Å². The van der Waals surface area contributed by atoms with Crippen molar-refractivity contribution in [3.63, 3.8) is 0 Å². The van der Waals surface area contributed by atoms with E-state index in [-0.39, 0.29) is 29.1 Å². The number of aryl methyl sites for hydroxylation is 3. The lowest BCUT2D eigenvalue weighted by atomic mass is 9.78. The van der Waals surface area contributed by atoms with Gasteiger partial charge in [0, 0.05) is 18.3 Å². The zero-order chi connectivity index (χ0) is 28.6. The highest BCUT2D eigenvalue weighted by Gasteiger charge is 2.24. The first-order chi connectivity index (χ1) is 19.1. The Bertz CT molecular complexity index is 1570. The molecule has 4 heteroatoms. The van der Waals surface area contributed by atoms with Crippen molar-refractivity contribution in [2.75, 3.05) is 0 Å². The van der Waals surface area contributed by atoms with E-state index in [0.29, 0.717) is 12.2 Å². The van der Waals surface area contributed by atoms with Crippen molar-refractivity contribution in [1.29, 1.82) is 0 Å². The summed E-state index contributed by atoms with van der Waals surface area (Å²) in [5.74, 6) is 1.15. The third kappa shape index (κ3) is 5.35. The molecule has 0 saturated carbocycles. The quantitative estimate of drug-likeness (QED) is 0.187. The summed E-state index contributed by atoms with van der Waals surface area (Å²) < 4.78 is 0. The van der Waals surface area contributed by atoms with Crippen LogP contribution in [-0.4, -0.2) is 20.4 Å². The number of aliphatic hydroxyl groups excluding tert-OH is 1. The second kappa shape index (κ2) is 11.0. The van der Waals surface area contributed by atoms with E-state index in [1.54, 1.807) is 18.2 Å². The molecule has 4 aromatic rings. The van der Waals surface area contributed by atoms with Crippen molar-refractivity contribution >= 4 is 0 Å². The monoisotopic (exact) mass is 532 g/mol. The summed E-state index contributed by atoms with van der Waals surface area (Å²) in [5, 5.41) is 40.8. The number of phenols is 3. The van der Waals surface area contributed by atoms with Crippen LogP contribution in [0.4, 0.5) is 0 Å². The van der Waals surface area contributed by atoms with Gasteiger partial charge >= 0.3 is 0 Å². The fourth-order valence-electron chi connectivity index (χ4n) is 5.77. The topological polar surface area (TPSA) is 80.9 Å². The number of hydrogen-bond donors (Lipinski definition) is 4. The van der Waals surface area contributed by atoms with Crippen molar-refractivity contribution in [1.82, 2.24) is 0 Å². The molecular formula is C36H36O4. The lowest BCUT2D eigenvalue weighted by molar-refractivity contribution is 0.378. The number of aromatic hydroxyl groups is 3. The van der Waals surface area contributed by atoms with Crippen LogP contribution in [0.1, 0.15) is 76.1 Å². The second-order valence-corrected chi connectivity index (χ2v) is 11.0. The Kier molecular flexibility index (Phi) is 7.44. The first-order valence-corrected chi connectivity index (χ1v) is 13.7. The lowest BCUT2D eigenvalue weighted by Gasteiger charge is -2.26. The predicted molar refractivity (Wildman–Crippen MR) is 160 cm³/mol. The van der Waals surface area contributed by atoms with Crippen LogP contribution in [0.25, 0.3) is 0 Å². The zero-order valence-electron chi connectivity index (χ0n) is 23.4. The van der Waals surface area contributed by atoms with Crippen molar-refractivity contribution in [2.45, 2.75) is 52.4 Å². The predicted octanol–water partition coefficient (Wildman–Crippen LogP) is 8.59. The molecule has 40 heavy (non-hydrogen) atoms. The van der Waals surface area contributed by atoms with Gasteiger partial charge in [0.25, 0.3) is 0 Å². The standard InChI is InChI=1S/C36H36O4/c1-21-17-27(9-13-31(21)37)35(28-10-14-32(38)22(2)18-28)25-5-7-26(8-6-25)36(29-11-15-33(39)23(3)19-29)30-12-16-34(40)24(4)20-30/h5-11,13-15,17-20,35-40H,12,16H2,1-4H3. The maximum atomic E-state index is 10.3. The molecule has 0 fully saturated rings. The highest BCUT2D eigenvalue weighted by atomic mass is 16.3. The number of aliphatic hydroxyl groups is 1. The van der Waals surface area contributed by atoms with Gasteiger partial charge in [0.05, 0.1) is 5.76 Å². The molecule has 4 N–H and O–H groups in total. The average molecular weight is 533 g/mol. The lowest BCUT2D eigenvalue weighted by Crippen LogP contribution is -2.10. The number of benzene rings is 4. The molecule has 0 spiro atoms. The van der Waals surface area contributed by atoms with Crippen molar-refractivity contribution in [3.05, 3.63) is 146 Å². The van der Waals surface area contributed by atoms with Crippen molar-refractivity contribution < 1.29 is 20.4 Å². The van der Waals surface area contributed by atoms with E-state index in [2.05, 4.69) is 30.3 Å². The molecule has 4 aromatic carbocycles. The Labute approximate surface area is 236 Å². The summed E-state index contributed by atoms with van der Waals surface area (Å²) >= 11 is 0. The van der Waals surface area contributed by atoms with Gasteiger partial charge in [-0.15, -0.1) is 0 Å². The first kappa shape index (κ1) is 27.1. The summed E-state index contributed by atoms with van der Waals surface area (Å²) in [6, 6.07) is 25.9. The van der Waals surface area contributed by atoms with Gasteiger partial charge in [-0.25, -0.2) is 0 Å². The molecule has 1 unspecified atom stereocenters. The second-order valence-electron chi connectivity index (χ2n) is 11.0. The zero-order valence-corrected chi connectivity index (χ0v) is 23.4. The van der Waals surface area contributed by atoms with E-state index >= 15 is 0 Å². The Morgan fingerprint density at radius 2 is 0.850 bits per heavy atom. The maximum Gasteiger partial charge on any atom is 0.118 e. The number of hydrogen-bond acceptors (Lipinski definition) is 4. The molecular weight excluding hydrogens is 496 g/mol. The van der Waals surface area contributed by atoms with Crippen LogP contribution >= 0.6 is 0 Å². The van der Waals surface area contributed by atoms with Crippen molar-refractivity contribution in [2.24, 2.45) is 0 Å². The summed E-state index contributed by atoms with van der Waals surface area (Å²) in [5.41, 5.74) is 10.0. The van der Waals surface area contributed by atoms with Gasteiger partial charge in [-0.1, -0.05) is 72.3 Å². The summed E-state index contributed by atoms with van der Waals surface area (Å²) in [4.78, 5) is 0. The minimum absolute atomic E-state index is 0.0123. The Morgan fingerprint density at radius 1 is 0.475 bits per heavy atom. The van der Waals surface area contributed by atoms with Gasteiger partial charge in [0.15, 0.2) is 0 Å². The molecule has 5 rings (SSSR count). The van der Waals surface area contributed by atoms with E-state index < -0.39 is 0 Å². The fourth-order valence-corrected chi connectivity index (χ4v) is 5.77. The van der Waals surface area contributed by atoms with Gasteiger partial charge in [0.2, 0.25) is 0 Å². The smallest absolute Gasteiger partial charge is 0.118 e. The third-order valence-corrected chi connectivity index (χ3v) is 8.14. The number of phenolic OH excluding ortho intramolecular Hbond substituents is 3. The molecule has 1 aliphatic rings. The summed E-state index contributed by atoms with van der Waals surface area (Å²) in [7, 11) is 0. The van der Waals surface area contributed by atoms with Crippen LogP contribution in [0.3, 0.4) is 0 Å². The van der Waals surface area contributed by atoms with Crippen LogP contribution in [-0.2, 0) is 0 Å². The molecule has 4 nitrogen and oxygen atoms in total. The largest absolute Gasteiger partial charge is 0.512 e. The Balaban J connectivity index is 1.62. The maximum absolute atomic E-state index is 10.3. The number of rotatable bonds is 6. The molecule has 0 radical (unpaired) electrons. The molecule has 0 bridgehead atoms. The summed E-state index contributed by atoms with van der Waals surface area (Å²) in [6.07, 6.45) is 3.48. The molecule has 0 aliphatic heterocycles. The minimum Gasteiger partial charge on any atom is -0.512 e. The van der Waals surface area contributed by atoms with E-state index in [9.17, 15) is 20.4 Å². The van der Waals surface area contributed by atoms with Gasteiger partial charge in [-0.2, -0.15) is 0 Å². The average Bonchev–Trinajstić information content (AvgIpc) is 2.93. The molecule has 0 saturated heterocycles. The van der Waals surface area contributed by atoms with E-state index in [1.165, 1.54) is 5.57 Å². The first-order valence-electron chi connectivity index (χ1n) is 13.7. The van der Waals surface area contributed by atoms with Crippen LogP contribution < -0.4 is 0 Å². The molecule has 1 atom stereocenters. The molecule has 0 amide bonds. The van der Waals surface area contributed by atoms with Gasteiger partial charge < -0.3 is 20.4 Å². The van der Waals surface area contributed by atoms with Crippen LogP contribution in [0.2, 0.25) is 0 Å². The van der Waals surface area contributed by atoms with Crippen LogP contribution in [0.15, 0.2) is 102 Å². The molecule has 0 heterocycles. The van der Waals surface area contributed by atoms with Crippen LogP contribution in [0, 0.1) is 20.8 Å². The molecule has 204 valence electrons. The van der Waals surface area contributed by atoms with Gasteiger partial charge in [-0.3, -0.25) is 0 Å². The van der Waals surface area contributed by atoms with Crippen LogP contribution in [0.5, 0.6) is 17.2 Å². The Hall–Kier alpha value is -4.44. The SMILES string of the molecule is CC1=C(O)CCC(C(c2ccc(C(c3ccc(O)c(C)c3)c3ccc(O)c(C)c3)cc2)c2ccc(O)c(C)c2)=C1. The van der Waals surface area contributed by atoms with Gasteiger partial charge in [0.1, 0.15) is 17.2 Å². The summed E-state index contributed by atoms with van der Waals surface area (Å²) in [6.45, 7) is 7.66. The van der Waals surface area contributed by atoms with E-state index in [4.69, 9.17) is 0 Å². The molecule has 0 aromatic heterocycles. The highest BCUT2D eigenvalue weighted by molar-refractivity contribution is 5.52. The number of allylic oxidation sites excluding steroid dienone is 4. The van der Waals surface area contributed by atoms with E-state index in [1.807, 2.05) is 64.1 Å². The Morgan fingerprint density at radius 3 is 1.25 bits per heavy atom. The van der Waals surface area contributed by atoms with Gasteiger partial charge in [-0.05, 0) is 102 Å². The highest BCUT2D eigenvalue weighted by Crippen LogP contribution is 2.41. The van der Waals surface area contributed by atoms with Crippen molar-refractivity contribution in [3.8, 4) is 17.2 Å². The molecule has 1 aliphatic carbocycles.